The van der Waals surface area contributed by atoms with Crippen LogP contribution < -0.4 is 0 Å². The van der Waals surface area contributed by atoms with Gasteiger partial charge < -0.3 is 9.47 Å². The second-order valence-electron chi connectivity index (χ2n) is 5.39. The van der Waals surface area contributed by atoms with E-state index in [1.54, 1.807) is 18.2 Å². The van der Waals surface area contributed by atoms with Crippen LogP contribution in [0.5, 0.6) is 0 Å². The Morgan fingerprint density at radius 3 is 2.54 bits per heavy atom. The SMILES string of the molecule is CC=CC=CC=CC1=CC2=CC(=O)C(C)(OC(C)=O)C(=O)C2=CO1. The molecule has 124 valence electrons. The number of ketones is 2. The first-order valence-corrected chi connectivity index (χ1v) is 7.44. The van der Waals surface area contributed by atoms with Crippen molar-refractivity contribution in [3.8, 4) is 0 Å². The van der Waals surface area contributed by atoms with Gasteiger partial charge in [-0.2, -0.15) is 0 Å². The van der Waals surface area contributed by atoms with Gasteiger partial charge in [0.1, 0.15) is 12.0 Å². The van der Waals surface area contributed by atoms with Gasteiger partial charge in [-0.3, -0.25) is 14.4 Å². The number of esters is 1. The first kappa shape index (κ1) is 17.4. The molecule has 1 heterocycles. The van der Waals surface area contributed by atoms with E-state index in [1.165, 1.54) is 19.3 Å². The van der Waals surface area contributed by atoms with Gasteiger partial charge in [0.15, 0.2) is 0 Å². The molecule has 0 aromatic carbocycles. The van der Waals surface area contributed by atoms with Gasteiger partial charge in [0.2, 0.25) is 17.2 Å². The maximum Gasteiger partial charge on any atom is 0.304 e. The first-order valence-electron chi connectivity index (χ1n) is 7.44. The van der Waals surface area contributed by atoms with Crippen molar-refractivity contribution in [2.45, 2.75) is 26.4 Å². The molecule has 2 rings (SSSR count). The molecule has 1 aliphatic heterocycles. The summed E-state index contributed by atoms with van der Waals surface area (Å²) in [4.78, 5) is 35.9. The summed E-state index contributed by atoms with van der Waals surface area (Å²) >= 11 is 0. The van der Waals surface area contributed by atoms with Crippen LogP contribution in [0.4, 0.5) is 0 Å². The third-order valence-corrected chi connectivity index (χ3v) is 3.49. The van der Waals surface area contributed by atoms with Crippen molar-refractivity contribution in [1.82, 2.24) is 0 Å². The van der Waals surface area contributed by atoms with E-state index in [4.69, 9.17) is 9.47 Å². The Balaban J connectivity index is 2.26. The van der Waals surface area contributed by atoms with Gasteiger partial charge in [0.05, 0.1) is 5.57 Å². The van der Waals surface area contributed by atoms with Crippen LogP contribution >= 0.6 is 0 Å². The lowest BCUT2D eigenvalue weighted by Gasteiger charge is -2.30. The summed E-state index contributed by atoms with van der Waals surface area (Å²) in [5, 5.41) is 0. The van der Waals surface area contributed by atoms with E-state index in [0.29, 0.717) is 11.3 Å². The molecule has 0 radical (unpaired) electrons. The van der Waals surface area contributed by atoms with Gasteiger partial charge >= 0.3 is 5.97 Å². The Morgan fingerprint density at radius 1 is 1.17 bits per heavy atom. The van der Waals surface area contributed by atoms with Crippen LogP contribution in [0.1, 0.15) is 20.8 Å². The maximum absolute atomic E-state index is 12.5. The van der Waals surface area contributed by atoms with Crippen molar-refractivity contribution in [2.24, 2.45) is 0 Å². The molecule has 0 saturated heterocycles. The van der Waals surface area contributed by atoms with Crippen LogP contribution in [0.25, 0.3) is 0 Å². The number of Topliss-reactive ketones (excluding diaryl/α,β-unsaturated/α-hetero) is 1. The Morgan fingerprint density at radius 2 is 1.88 bits per heavy atom. The summed E-state index contributed by atoms with van der Waals surface area (Å²) in [7, 11) is 0. The molecule has 0 fully saturated rings. The third kappa shape index (κ3) is 3.51. The molecule has 1 aliphatic carbocycles. The summed E-state index contributed by atoms with van der Waals surface area (Å²) in [5.41, 5.74) is -1.18. The average Bonchev–Trinajstić information content (AvgIpc) is 2.52. The van der Waals surface area contributed by atoms with Crippen LogP contribution in [0.2, 0.25) is 0 Å². The zero-order valence-corrected chi connectivity index (χ0v) is 13.7. The topological polar surface area (TPSA) is 69.7 Å². The van der Waals surface area contributed by atoms with Crippen LogP contribution in [0.15, 0.2) is 71.8 Å². The van der Waals surface area contributed by atoms with Gasteiger partial charge in [-0.15, -0.1) is 0 Å². The van der Waals surface area contributed by atoms with Crippen LogP contribution in [0.3, 0.4) is 0 Å². The van der Waals surface area contributed by atoms with Gasteiger partial charge in [-0.05, 0) is 37.6 Å². The fraction of sp³-hybridized carbons (Fsp3) is 0.211. The highest BCUT2D eigenvalue weighted by molar-refractivity contribution is 6.26. The lowest BCUT2D eigenvalue weighted by molar-refractivity contribution is -0.167. The number of allylic oxidation sites excluding steroid dienone is 8. The lowest BCUT2D eigenvalue weighted by Crippen LogP contribution is -2.50. The van der Waals surface area contributed by atoms with Crippen molar-refractivity contribution in [3.05, 3.63) is 71.8 Å². The molecule has 5 nitrogen and oxygen atoms in total. The molecule has 0 saturated carbocycles. The fourth-order valence-corrected chi connectivity index (χ4v) is 2.27. The number of ether oxygens (including phenoxy) is 2. The van der Waals surface area contributed by atoms with E-state index in [1.807, 2.05) is 31.2 Å². The molecule has 1 unspecified atom stereocenters. The van der Waals surface area contributed by atoms with Crippen molar-refractivity contribution < 1.29 is 23.9 Å². The number of hydrogen-bond donors (Lipinski definition) is 0. The number of carbonyl (C=O) groups is 3. The molecule has 1 atom stereocenters. The van der Waals surface area contributed by atoms with Crippen molar-refractivity contribution in [3.63, 3.8) is 0 Å². The standard InChI is InChI=1S/C19H18O5/c1-4-5-6-7-8-9-15-10-14-11-17(21)19(3,24-13(2)20)18(22)16(14)12-23-15/h4-12H,1-3H3. The van der Waals surface area contributed by atoms with Gasteiger partial charge in [-0.1, -0.05) is 30.4 Å². The van der Waals surface area contributed by atoms with Crippen molar-refractivity contribution in [1.29, 1.82) is 0 Å². The highest BCUT2D eigenvalue weighted by atomic mass is 16.6. The molecule has 0 bridgehead atoms. The Hall–Kier alpha value is -2.95. The minimum absolute atomic E-state index is 0.208. The Bertz CT molecular complexity index is 759. The highest BCUT2D eigenvalue weighted by Gasteiger charge is 2.48. The number of fused-ring (bicyclic) bond motifs is 1. The van der Waals surface area contributed by atoms with Crippen molar-refractivity contribution >= 4 is 17.5 Å². The lowest BCUT2D eigenvalue weighted by atomic mass is 9.80. The summed E-state index contributed by atoms with van der Waals surface area (Å²) in [6.45, 7) is 4.36. The Kier molecular flexibility index (Phi) is 5.14. The molecular weight excluding hydrogens is 308 g/mol. The molecule has 0 aromatic heterocycles. The number of carbonyl (C=O) groups excluding carboxylic acids is 3. The first-order chi connectivity index (χ1) is 11.4. The van der Waals surface area contributed by atoms with E-state index >= 15 is 0 Å². The quantitative estimate of drug-likeness (QED) is 0.451. The van der Waals surface area contributed by atoms with E-state index in [9.17, 15) is 14.4 Å². The maximum atomic E-state index is 12.5. The van der Waals surface area contributed by atoms with E-state index in [0.717, 1.165) is 6.92 Å². The van der Waals surface area contributed by atoms with Gasteiger partial charge in [0.25, 0.3) is 0 Å². The molecule has 0 amide bonds. The monoisotopic (exact) mass is 326 g/mol. The summed E-state index contributed by atoms with van der Waals surface area (Å²) < 4.78 is 10.4. The Labute approximate surface area is 140 Å². The minimum atomic E-state index is -1.83. The predicted molar refractivity (Wildman–Crippen MR) is 88.6 cm³/mol. The fourth-order valence-electron chi connectivity index (χ4n) is 2.27. The highest BCUT2D eigenvalue weighted by Crippen LogP contribution is 2.33. The van der Waals surface area contributed by atoms with Crippen LogP contribution in [-0.2, 0) is 23.9 Å². The second-order valence-corrected chi connectivity index (χ2v) is 5.39. The summed E-state index contributed by atoms with van der Waals surface area (Å²) in [5.74, 6) is -1.36. The molecule has 2 aliphatic rings. The predicted octanol–water partition coefficient (Wildman–Crippen LogP) is 2.87. The normalized spacial score (nSPS) is 23.9. The van der Waals surface area contributed by atoms with Crippen LogP contribution in [0, 0.1) is 0 Å². The molecule has 0 N–H and O–H groups in total. The average molecular weight is 326 g/mol. The van der Waals surface area contributed by atoms with E-state index in [-0.39, 0.29) is 5.57 Å². The van der Waals surface area contributed by atoms with Gasteiger partial charge in [-0.25, -0.2) is 0 Å². The second kappa shape index (κ2) is 7.08. The minimum Gasteiger partial charge on any atom is -0.464 e. The molecule has 5 heteroatoms. The number of hydrogen-bond acceptors (Lipinski definition) is 5. The third-order valence-electron chi connectivity index (χ3n) is 3.49. The molecule has 24 heavy (non-hydrogen) atoms. The summed E-state index contributed by atoms with van der Waals surface area (Å²) in [6, 6.07) is 0. The van der Waals surface area contributed by atoms with E-state index < -0.39 is 23.1 Å². The van der Waals surface area contributed by atoms with E-state index in [2.05, 4.69) is 0 Å². The molecular formula is C19H18O5. The molecule has 0 aromatic rings. The smallest absolute Gasteiger partial charge is 0.304 e. The zero-order valence-electron chi connectivity index (χ0n) is 13.7. The zero-order chi connectivity index (χ0) is 17.7. The summed E-state index contributed by atoms with van der Waals surface area (Å²) in [6.07, 6.45) is 15.1. The number of rotatable bonds is 4. The largest absolute Gasteiger partial charge is 0.464 e. The van der Waals surface area contributed by atoms with Crippen LogP contribution in [-0.4, -0.2) is 23.1 Å². The van der Waals surface area contributed by atoms with Crippen molar-refractivity contribution in [2.75, 3.05) is 0 Å². The van der Waals surface area contributed by atoms with Gasteiger partial charge in [0, 0.05) is 6.92 Å². The molecule has 0 spiro atoms.